The van der Waals surface area contributed by atoms with Gasteiger partial charge in [-0.15, -0.1) is 0 Å². The fourth-order valence-electron chi connectivity index (χ4n) is 1.92. The average molecular weight is 171 g/mol. The van der Waals surface area contributed by atoms with Crippen LogP contribution in [0, 0.1) is 0 Å². The molecule has 0 bridgehead atoms. The molecule has 0 saturated carbocycles. The Morgan fingerprint density at radius 2 is 2.33 bits per heavy atom. The molecule has 70 valence electrons. The largest absolute Gasteiger partial charge is 0.379 e. The highest BCUT2D eigenvalue weighted by atomic mass is 16.5. The first kappa shape index (κ1) is 8.48. The molecule has 2 aliphatic rings. The van der Waals surface area contributed by atoms with Crippen LogP contribution < -0.4 is 5.32 Å². The molecule has 1 N–H and O–H groups in total. The lowest BCUT2D eigenvalue weighted by atomic mass is 10.1. The summed E-state index contributed by atoms with van der Waals surface area (Å²) < 4.78 is 10.9. The normalized spacial score (nSPS) is 37.0. The summed E-state index contributed by atoms with van der Waals surface area (Å²) in [7, 11) is 0. The van der Waals surface area contributed by atoms with Crippen molar-refractivity contribution in [3.05, 3.63) is 0 Å². The van der Waals surface area contributed by atoms with Crippen LogP contribution >= 0.6 is 0 Å². The van der Waals surface area contributed by atoms with E-state index in [9.17, 15) is 0 Å². The van der Waals surface area contributed by atoms with Crippen molar-refractivity contribution in [2.75, 3.05) is 26.4 Å². The minimum Gasteiger partial charge on any atom is -0.379 e. The summed E-state index contributed by atoms with van der Waals surface area (Å²) in [4.78, 5) is 0. The van der Waals surface area contributed by atoms with Crippen LogP contribution in [0.2, 0.25) is 0 Å². The van der Waals surface area contributed by atoms with E-state index in [0.29, 0.717) is 12.1 Å². The second-order valence-electron chi connectivity index (χ2n) is 3.60. The third kappa shape index (κ3) is 2.19. The molecule has 0 aromatic heterocycles. The molecule has 12 heavy (non-hydrogen) atoms. The minimum atomic E-state index is 0.490. The fourth-order valence-corrected chi connectivity index (χ4v) is 1.92. The SMILES string of the molecule is C1COC(CC2COCCN2)C1. The van der Waals surface area contributed by atoms with Crippen LogP contribution in [0.1, 0.15) is 19.3 Å². The predicted molar refractivity (Wildman–Crippen MR) is 46.2 cm³/mol. The monoisotopic (exact) mass is 171 g/mol. The van der Waals surface area contributed by atoms with Gasteiger partial charge in [-0.05, 0) is 19.3 Å². The number of hydrogen-bond donors (Lipinski definition) is 1. The summed E-state index contributed by atoms with van der Waals surface area (Å²) in [6.45, 7) is 3.68. The molecular formula is C9H17NO2. The van der Waals surface area contributed by atoms with Gasteiger partial charge in [-0.3, -0.25) is 0 Å². The Morgan fingerprint density at radius 1 is 1.33 bits per heavy atom. The maximum atomic E-state index is 5.56. The van der Waals surface area contributed by atoms with Crippen LogP contribution in [0.4, 0.5) is 0 Å². The van der Waals surface area contributed by atoms with Crippen molar-refractivity contribution in [2.45, 2.75) is 31.4 Å². The lowest BCUT2D eigenvalue weighted by Gasteiger charge is -2.25. The molecule has 2 aliphatic heterocycles. The molecule has 0 aromatic rings. The van der Waals surface area contributed by atoms with Gasteiger partial charge in [0.1, 0.15) is 0 Å². The van der Waals surface area contributed by atoms with E-state index >= 15 is 0 Å². The molecule has 0 radical (unpaired) electrons. The Labute approximate surface area is 73.4 Å². The molecule has 0 amide bonds. The highest BCUT2D eigenvalue weighted by molar-refractivity contribution is 4.76. The quantitative estimate of drug-likeness (QED) is 0.658. The summed E-state index contributed by atoms with van der Waals surface area (Å²) in [5.74, 6) is 0. The van der Waals surface area contributed by atoms with Crippen molar-refractivity contribution in [2.24, 2.45) is 0 Å². The summed E-state index contributed by atoms with van der Waals surface area (Å²) >= 11 is 0. The molecule has 3 nitrogen and oxygen atoms in total. The van der Waals surface area contributed by atoms with E-state index in [4.69, 9.17) is 9.47 Å². The van der Waals surface area contributed by atoms with E-state index in [1.807, 2.05) is 0 Å². The maximum Gasteiger partial charge on any atom is 0.0621 e. The van der Waals surface area contributed by atoms with E-state index in [0.717, 1.165) is 32.8 Å². The molecule has 2 unspecified atom stereocenters. The van der Waals surface area contributed by atoms with Crippen molar-refractivity contribution < 1.29 is 9.47 Å². The van der Waals surface area contributed by atoms with E-state index < -0.39 is 0 Å². The average Bonchev–Trinajstić information content (AvgIpc) is 2.59. The first-order chi connectivity index (χ1) is 5.95. The van der Waals surface area contributed by atoms with Crippen molar-refractivity contribution >= 4 is 0 Å². The summed E-state index contributed by atoms with van der Waals surface area (Å²) in [6, 6.07) is 0.529. The van der Waals surface area contributed by atoms with Gasteiger partial charge in [0.15, 0.2) is 0 Å². The molecule has 0 aromatic carbocycles. The van der Waals surface area contributed by atoms with Gasteiger partial charge in [0.05, 0.1) is 19.3 Å². The topological polar surface area (TPSA) is 30.5 Å². The van der Waals surface area contributed by atoms with E-state index in [-0.39, 0.29) is 0 Å². The molecule has 3 heteroatoms. The van der Waals surface area contributed by atoms with Gasteiger partial charge in [0.25, 0.3) is 0 Å². The third-order valence-corrected chi connectivity index (χ3v) is 2.57. The Bertz CT molecular complexity index is 128. The third-order valence-electron chi connectivity index (χ3n) is 2.57. The Kier molecular flexibility index (Phi) is 2.98. The van der Waals surface area contributed by atoms with Gasteiger partial charge >= 0.3 is 0 Å². The second-order valence-corrected chi connectivity index (χ2v) is 3.60. The molecule has 2 saturated heterocycles. The molecule has 2 heterocycles. The first-order valence-electron chi connectivity index (χ1n) is 4.88. The maximum absolute atomic E-state index is 5.56. The highest BCUT2D eigenvalue weighted by Crippen LogP contribution is 2.17. The Morgan fingerprint density at radius 3 is 3.00 bits per heavy atom. The van der Waals surface area contributed by atoms with Crippen LogP contribution in [0.5, 0.6) is 0 Å². The van der Waals surface area contributed by atoms with Gasteiger partial charge in [-0.1, -0.05) is 0 Å². The molecule has 2 rings (SSSR count). The van der Waals surface area contributed by atoms with Crippen LogP contribution in [-0.4, -0.2) is 38.5 Å². The van der Waals surface area contributed by atoms with Crippen molar-refractivity contribution in [1.29, 1.82) is 0 Å². The molecule has 0 aliphatic carbocycles. The van der Waals surface area contributed by atoms with E-state index in [2.05, 4.69) is 5.32 Å². The minimum absolute atomic E-state index is 0.490. The van der Waals surface area contributed by atoms with Gasteiger partial charge < -0.3 is 14.8 Å². The zero-order valence-corrected chi connectivity index (χ0v) is 7.42. The molecule has 2 atom stereocenters. The highest BCUT2D eigenvalue weighted by Gasteiger charge is 2.21. The summed E-state index contributed by atoms with van der Waals surface area (Å²) in [5, 5.41) is 3.44. The van der Waals surface area contributed by atoms with Gasteiger partial charge in [-0.25, -0.2) is 0 Å². The van der Waals surface area contributed by atoms with Crippen LogP contribution in [0.3, 0.4) is 0 Å². The lowest BCUT2D eigenvalue weighted by Crippen LogP contribution is -2.43. The van der Waals surface area contributed by atoms with Crippen LogP contribution in [0.15, 0.2) is 0 Å². The lowest BCUT2D eigenvalue weighted by molar-refractivity contribution is 0.0411. The summed E-state index contributed by atoms with van der Waals surface area (Å²) in [6.07, 6.45) is 4.08. The van der Waals surface area contributed by atoms with Crippen molar-refractivity contribution in [3.8, 4) is 0 Å². The molecule has 2 fully saturated rings. The predicted octanol–water partition coefficient (Wildman–Crippen LogP) is 0.544. The standard InChI is InChI=1S/C9H17NO2/c1-2-9(12-4-1)6-8-7-11-5-3-10-8/h8-10H,1-7H2. The van der Waals surface area contributed by atoms with Gasteiger partial charge in [-0.2, -0.15) is 0 Å². The Balaban J connectivity index is 1.69. The Hall–Kier alpha value is -0.120. The van der Waals surface area contributed by atoms with Crippen molar-refractivity contribution in [1.82, 2.24) is 5.32 Å². The van der Waals surface area contributed by atoms with Gasteiger partial charge in [0.2, 0.25) is 0 Å². The number of hydrogen-bond acceptors (Lipinski definition) is 3. The smallest absolute Gasteiger partial charge is 0.0621 e. The fraction of sp³-hybridized carbons (Fsp3) is 1.00. The van der Waals surface area contributed by atoms with Crippen LogP contribution in [-0.2, 0) is 9.47 Å². The number of rotatable bonds is 2. The number of ether oxygens (including phenoxy) is 2. The van der Waals surface area contributed by atoms with Crippen molar-refractivity contribution in [3.63, 3.8) is 0 Å². The molecular weight excluding hydrogens is 154 g/mol. The van der Waals surface area contributed by atoms with Crippen LogP contribution in [0.25, 0.3) is 0 Å². The van der Waals surface area contributed by atoms with Gasteiger partial charge in [0, 0.05) is 19.2 Å². The number of morpholine rings is 1. The zero-order valence-electron chi connectivity index (χ0n) is 7.42. The van der Waals surface area contributed by atoms with E-state index in [1.54, 1.807) is 0 Å². The first-order valence-corrected chi connectivity index (χ1v) is 4.88. The zero-order chi connectivity index (χ0) is 8.23. The van der Waals surface area contributed by atoms with E-state index in [1.165, 1.54) is 12.8 Å². The summed E-state index contributed by atoms with van der Waals surface area (Å²) in [5.41, 5.74) is 0. The second kappa shape index (κ2) is 4.21. The molecule has 0 spiro atoms. The number of nitrogens with one attached hydrogen (secondary N) is 1.